The lowest BCUT2D eigenvalue weighted by molar-refractivity contribution is -0.384. The molecule has 2 aromatic carbocycles. The third-order valence-corrected chi connectivity index (χ3v) is 4.37. The minimum absolute atomic E-state index is 0.0780. The zero-order valence-electron chi connectivity index (χ0n) is 12.5. The maximum Gasteiger partial charge on any atom is 0.293 e. The molecular formula is C15H16N2O4S. The SMILES string of the molecule is Cc1ccc(C)c(Nc2ccc(S(C)(=O)=O)cc2[N+](=O)[O-])c1. The lowest BCUT2D eigenvalue weighted by atomic mass is 10.1. The zero-order chi connectivity index (χ0) is 16.5. The van der Waals surface area contributed by atoms with E-state index in [2.05, 4.69) is 5.32 Å². The van der Waals surface area contributed by atoms with Gasteiger partial charge in [0.1, 0.15) is 5.69 Å². The van der Waals surface area contributed by atoms with E-state index in [1.807, 2.05) is 32.0 Å². The Morgan fingerprint density at radius 3 is 2.32 bits per heavy atom. The van der Waals surface area contributed by atoms with Crippen molar-refractivity contribution >= 4 is 26.9 Å². The largest absolute Gasteiger partial charge is 0.350 e. The normalized spacial score (nSPS) is 11.2. The molecule has 0 bridgehead atoms. The van der Waals surface area contributed by atoms with Gasteiger partial charge in [-0.05, 0) is 43.2 Å². The van der Waals surface area contributed by atoms with Gasteiger partial charge in [-0.2, -0.15) is 0 Å². The summed E-state index contributed by atoms with van der Waals surface area (Å²) in [4.78, 5) is 10.5. The Kier molecular flexibility index (Phi) is 4.18. The van der Waals surface area contributed by atoms with Crippen LogP contribution < -0.4 is 5.32 Å². The number of nitrogens with zero attached hydrogens (tertiary/aromatic N) is 1. The summed E-state index contributed by atoms with van der Waals surface area (Å²) < 4.78 is 23.1. The molecule has 2 rings (SSSR count). The van der Waals surface area contributed by atoms with E-state index in [9.17, 15) is 18.5 Å². The van der Waals surface area contributed by atoms with Gasteiger partial charge in [0, 0.05) is 18.0 Å². The molecule has 0 unspecified atom stereocenters. The van der Waals surface area contributed by atoms with Crippen molar-refractivity contribution in [1.82, 2.24) is 0 Å². The molecule has 0 aliphatic rings. The number of nitrogens with one attached hydrogen (secondary N) is 1. The van der Waals surface area contributed by atoms with Gasteiger partial charge in [-0.1, -0.05) is 12.1 Å². The first-order chi connectivity index (χ1) is 10.2. The van der Waals surface area contributed by atoms with Gasteiger partial charge in [-0.15, -0.1) is 0 Å². The second-order valence-electron chi connectivity index (χ2n) is 5.15. The molecule has 0 aromatic heterocycles. The fourth-order valence-electron chi connectivity index (χ4n) is 2.01. The third-order valence-electron chi connectivity index (χ3n) is 3.26. The molecule has 22 heavy (non-hydrogen) atoms. The molecule has 0 saturated carbocycles. The van der Waals surface area contributed by atoms with E-state index < -0.39 is 14.8 Å². The Labute approximate surface area is 128 Å². The number of anilines is 2. The smallest absolute Gasteiger partial charge is 0.293 e. The first kappa shape index (κ1) is 16.0. The van der Waals surface area contributed by atoms with Crippen LogP contribution in [-0.2, 0) is 9.84 Å². The van der Waals surface area contributed by atoms with Crippen LogP contribution in [0.25, 0.3) is 0 Å². The zero-order valence-corrected chi connectivity index (χ0v) is 13.3. The lowest BCUT2D eigenvalue weighted by Gasteiger charge is -2.11. The van der Waals surface area contributed by atoms with Crippen molar-refractivity contribution in [3.8, 4) is 0 Å². The fraction of sp³-hybridized carbons (Fsp3) is 0.200. The number of nitro groups is 1. The molecule has 1 N–H and O–H groups in total. The minimum atomic E-state index is -3.50. The Hall–Kier alpha value is -2.41. The molecule has 116 valence electrons. The van der Waals surface area contributed by atoms with E-state index in [0.717, 1.165) is 29.1 Å². The number of aryl methyl sites for hydroxylation is 2. The number of hydrogen-bond acceptors (Lipinski definition) is 5. The van der Waals surface area contributed by atoms with E-state index in [0.29, 0.717) is 0 Å². The third kappa shape index (κ3) is 3.43. The highest BCUT2D eigenvalue weighted by Gasteiger charge is 2.19. The van der Waals surface area contributed by atoms with Gasteiger partial charge >= 0.3 is 0 Å². The van der Waals surface area contributed by atoms with Gasteiger partial charge in [0.25, 0.3) is 5.69 Å². The molecule has 0 amide bonds. The highest BCUT2D eigenvalue weighted by Crippen LogP contribution is 2.31. The summed E-state index contributed by atoms with van der Waals surface area (Å²) in [5.41, 5.74) is 2.68. The fourth-order valence-corrected chi connectivity index (χ4v) is 2.66. The summed E-state index contributed by atoms with van der Waals surface area (Å²) in [5, 5.41) is 14.2. The molecule has 2 aromatic rings. The quantitative estimate of drug-likeness (QED) is 0.689. The van der Waals surface area contributed by atoms with E-state index in [4.69, 9.17) is 0 Å². The molecule has 0 radical (unpaired) electrons. The molecule has 0 atom stereocenters. The summed E-state index contributed by atoms with van der Waals surface area (Å²) >= 11 is 0. The van der Waals surface area contributed by atoms with Gasteiger partial charge in [0.05, 0.1) is 9.82 Å². The topological polar surface area (TPSA) is 89.3 Å². The van der Waals surface area contributed by atoms with E-state index in [1.54, 1.807) is 0 Å². The van der Waals surface area contributed by atoms with Gasteiger partial charge in [0.2, 0.25) is 0 Å². The Bertz CT molecular complexity index is 845. The van der Waals surface area contributed by atoms with Gasteiger partial charge < -0.3 is 5.32 Å². The van der Waals surface area contributed by atoms with Crippen molar-refractivity contribution in [3.63, 3.8) is 0 Å². The lowest BCUT2D eigenvalue weighted by Crippen LogP contribution is -2.02. The average molecular weight is 320 g/mol. The average Bonchev–Trinajstić information content (AvgIpc) is 2.42. The molecule has 6 nitrogen and oxygen atoms in total. The molecule has 0 saturated heterocycles. The summed E-state index contributed by atoms with van der Waals surface area (Å²) in [7, 11) is -3.50. The van der Waals surface area contributed by atoms with E-state index in [-0.39, 0.29) is 16.3 Å². The minimum Gasteiger partial charge on any atom is -0.350 e. The molecule has 0 aliphatic heterocycles. The summed E-state index contributed by atoms with van der Waals surface area (Å²) in [6.07, 6.45) is 1.02. The van der Waals surface area contributed by atoms with E-state index >= 15 is 0 Å². The Morgan fingerprint density at radius 1 is 1.05 bits per heavy atom. The molecule has 0 fully saturated rings. The number of nitro benzene ring substituents is 1. The van der Waals surface area contributed by atoms with Gasteiger partial charge in [0.15, 0.2) is 9.84 Å². The number of benzene rings is 2. The molecule has 0 aliphatic carbocycles. The molecule has 7 heteroatoms. The second kappa shape index (κ2) is 5.76. The Balaban J connectivity index is 2.51. The maximum absolute atomic E-state index is 11.5. The van der Waals surface area contributed by atoms with Crippen molar-refractivity contribution in [1.29, 1.82) is 0 Å². The van der Waals surface area contributed by atoms with Crippen LogP contribution in [0.2, 0.25) is 0 Å². The Morgan fingerprint density at radius 2 is 1.73 bits per heavy atom. The first-order valence-electron chi connectivity index (χ1n) is 6.51. The van der Waals surface area contributed by atoms with Gasteiger partial charge in [-0.25, -0.2) is 8.42 Å². The summed E-state index contributed by atoms with van der Waals surface area (Å²) in [6, 6.07) is 9.58. The van der Waals surface area contributed by atoms with Gasteiger partial charge in [-0.3, -0.25) is 10.1 Å². The van der Waals surface area contributed by atoms with Crippen molar-refractivity contribution in [2.75, 3.05) is 11.6 Å². The van der Waals surface area contributed by atoms with Crippen LogP contribution >= 0.6 is 0 Å². The van der Waals surface area contributed by atoms with Crippen LogP contribution in [0.3, 0.4) is 0 Å². The standard InChI is InChI=1S/C15H16N2O4S/c1-10-4-5-11(2)14(8-10)16-13-7-6-12(22(3,20)21)9-15(13)17(18)19/h4-9,16H,1-3H3. The number of rotatable bonds is 4. The maximum atomic E-state index is 11.5. The highest BCUT2D eigenvalue weighted by molar-refractivity contribution is 7.90. The van der Waals surface area contributed by atoms with Crippen molar-refractivity contribution in [3.05, 3.63) is 57.6 Å². The van der Waals surface area contributed by atoms with Crippen LogP contribution in [0.15, 0.2) is 41.3 Å². The second-order valence-corrected chi connectivity index (χ2v) is 7.17. The number of hydrogen-bond donors (Lipinski definition) is 1. The summed E-state index contributed by atoms with van der Waals surface area (Å²) in [5.74, 6) is 0. The van der Waals surface area contributed by atoms with Crippen LogP contribution in [0.5, 0.6) is 0 Å². The van der Waals surface area contributed by atoms with Crippen LogP contribution in [0.1, 0.15) is 11.1 Å². The van der Waals surface area contributed by atoms with Crippen LogP contribution in [-0.4, -0.2) is 19.6 Å². The molecule has 0 spiro atoms. The molecular weight excluding hydrogens is 304 g/mol. The van der Waals surface area contributed by atoms with Crippen molar-refractivity contribution in [2.24, 2.45) is 0 Å². The van der Waals surface area contributed by atoms with Crippen LogP contribution in [0, 0.1) is 24.0 Å². The van der Waals surface area contributed by atoms with E-state index in [1.165, 1.54) is 12.1 Å². The van der Waals surface area contributed by atoms with Crippen molar-refractivity contribution < 1.29 is 13.3 Å². The highest BCUT2D eigenvalue weighted by atomic mass is 32.2. The molecule has 0 heterocycles. The predicted octanol–water partition coefficient (Wildman–Crippen LogP) is 3.36. The van der Waals surface area contributed by atoms with Crippen LogP contribution in [0.4, 0.5) is 17.1 Å². The first-order valence-corrected chi connectivity index (χ1v) is 8.40. The number of sulfone groups is 1. The monoisotopic (exact) mass is 320 g/mol. The predicted molar refractivity (Wildman–Crippen MR) is 85.4 cm³/mol. The van der Waals surface area contributed by atoms with Crippen molar-refractivity contribution in [2.45, 2.75) is 18.7 Å². The summed E-state index contributed by atoms with van der Waals surface area (Å²) in [6.45, 7) is 3.81.